The fourth-order valence-corrected chi connectivity index (χ4v) is 4.48. The fraction of sp³-hybridized carbons (Fsp3) is 0.789. The minimum atomic E-state index is -0.937. The summed E-state index contributed by atoms with van der Waals surface area (Å²) in [6, 6.07) is 0.842. The van der Waals surface area contributed by atoms with E-state index in [-0.39, 0.29) is 24.2 Å². The summed E-state index contributed by atoms with van der Waals surface area (Å²) in [5.41, 5.74) is -0.220. The molecule has 3 atom stereocenters. The van der Waals surface area contributed by atoms with E-state index in [1.54, 1.807) is 26.2 Å². The summed E-state index contributed by atoms with van der Waals surface area (Å²) in [6.45, 7) is 8.44. The van der Waals surface area contributed by atoms with Gasteiger partial charge in [0.25, 0.3) is 0 Å². The summed E-state index contributed by atoms with van der Waals surface area (Å²) in [4.78, 5) is 13.9. The number of hydrogen-bond donors (Lipinski definition) is 3. The van der Waals surface area contributed by atoms with Gasteiger partial charge in [-0.15, -0.1) is 0 Å². The predicted molar refractivity (Wildman–Crippen MR) is 102 cm³/mol. The van der Waals surface area contributed by atoms with E-state index in [9.17, 15) is 10.2 Å². The predicted octanol–water partition coefficient (Wildman–Crippen LogP) is -0.294. The van der Waals surface area contributed by atoms with Gasteiger partial charge in [0.15, 0.2) is 0 Å². The molecular weight excluding hydrogens is 346 g/mol. The minimum Gasteiger partial charge on any atom is -0.393 e. The number of rotatable bonds is 4. The van der Waals surface area contributed by atoms with Crippen molar-refractivity contribution in [2.24, 2.45) is 0 Å². The first-order chi connectivity index (χ1) is 12.9. The summed E-state index contributed by atoms with van der Waals surface area (Å²) in [7, 11) is 0. The van der Waals surface area contributed by atoms with Crippen molar-refractivity contribution >= 4 is 5.95 Å². The Labute approximate surface area is 160 Å². The van der Waals surface area contributed by atoms with Crippen LogP contribution in [0.3, 0.4) is 0 Å². The second-order valence-corrected chi connectivity index (χ2v) is 8.55. The summed E-state index contributed by atoms with van der Waals surface area (Å²) in [6.07, 6.45) is 4.81. The summed E-state index contributed by atoms with van der Waals surface area (Å²) >= 11 is 0. The maximum absolute atomic E-state index is 10.1. The maximum Gasteiger partial charge on any atom is 0.225 e. The molecule has 8 heteroatoms. The third kappa shape index (κ3) is 4.09. The van der Waals surface area contributed by atoms with Gasteiger partial charge in [-0.05, 0) is 26.7 Å². The number of piperazine rings is 1. The van der Waals surface area contributed by atoms with E-state index in [1.165, 1.54) is 0 Å². The highest BCUT2D eigenvalue weighted by Gasteiger charge is 2.40. The Balaban J connectivity index is 1.49. The van der Waals surface area contributed by atoms with Crippen molar-refractivity contribution < 1.29 is 14.9 Å². The van der Waals surface area contributed by atoms with Gasteiger partial charge in [0, 0.05) is 56.2 Å². The zero-order valence-corrected chi connectivity index (χ0v) is 16.2. The molecule has 150 valence electrons. The van der Waals surface area contributed by atoms with E-state index in [1.807, 2.05) is 0 Å². The van der Waals surface area contributed by atoms with E-state index >= 15 is 0 Å². The number of aromatic nitrogens is 2. The molecule has 27 heavy (non-hydrogen) atoms. The smallest absolute Gasteiger partial charge is 0.225 e. The largest absolute Gasteiger partial charge is 0.393 e. The summed E-state index contributed by atoms with van der Waals surface area (Å²) < 4.78 is 5.73. The Hall–Kier alpha value is -1.32. The lowest BCUT2D eigenvalue weighted by Gasteiger charge is -2.50. The van der Waals surface area contributed by atoms with Crippen molar-refractivity contribution in [2.45, 2.75) is 56.5 Å². The van der Waals surface area contributed by atoms with Gasteiger partial charge in [-0.1, -0.05) is 0 Å². The molecule has 3 saturated heterocycles. The van der Waals surface area contributed by atoms with Gasteiger partial charge >= 0.3 is 0 Å². The fourth-order valence-electron chi connectivity index (χ4n) is 4.48. The Morgan fingerprint density at radius 3 is 2.52 bits per heavy atom. The number of ether oxygens (including phenoxy) is 1. The number of nitrogens with one attached hydrogen (secondary N) is 1. The minimum absolute atomic E-state index is 0.210. The van der Waals surface area contributed by atoms with Gasteiger partial charge in [-0.3, -0.25) is 4.90 Å². The quantitative estimate of drug-likeness (QED) is 0.659. The van der Waals surface area contributed by atoms with Crippen LogP contribution in [0.15, 0.2) is 12.4 Å². The third-order valence-electron chi connectivity index (χ3n) is 6.02. The van der Waals surface area contributed by atoms with Gasteiger partial charge in [0.1, 0.15) is 0 Å². The first kappa shape index (κ1) is 19.0. The van der Waals surface area contributed by atoms with Gasteiger partial charge in [-0.2, -0.15) is 0 Å². The molecule has 4 heterocycles. The first-order valence-corrected chi connectivity index (χ1v) is 9.95. The number of morpholine rings is 1. The second kappa shape index (κ2) is 7.60. The van der Waals surface area contributed by atoms with Gasteiger partial charge < -0.3 is 25.2 Å². The van der Waals surface area contributed by atoms with Crippen molar-refractivity contribution in [3.63, 3.8) is 0 Å². The van der Waals surface area contributed by atoms with Crippen LogP contribution in [-0.4, -0.2) is 88.7 Å². The molecule has 0 spiro atoms. The Bertz CT molecular complexity index is 621. The number of anilines is 1. The van der Waals surface area contributed by atoms with Crippen LogP contribution in [0.4, 0.5) is 5.95 Å². The van der Waals surface area contributed by atoms with E-state index in [0.29, 0.717) is 19.2 Å². The van der Waals surface area contributed by atoms with Gasteiger partial charge in [0.2, 0.25) is 5.95 Å². The lowest BCUT2D eigenvalue weighted by Crippen LogP contribution is -2.64. The molecule has 3 aliphatic heterocycles. The molecule has 1 aromatic heterocycles. The molecule has 0 aromatic carbocycles. The number of aliphatic hydroxyl groups excluding tert-OH is 1. The van der Waals surface area contributed by atoms with E-state index in [0.717, 1.165) is 44.6 Å². The summed E-state index contributed by atoms with van der Waals surface area (Å²) in [5, 5.41) is 23.7. The number of nitrogens with zero attached hydrogens (tertiary/aromatic N) is 4. The average Bonchev–Trinajstić information content (AvgIpc) is 2.62. The highest BCUT2D eigenvalue weighted by atomic mass is 16.5. The standard InChI is InChI=1S/C19H31N5O3/c1-19(2,26)13-7-21-18(22-8-13)23-4-3-20-9-16(23)10-24-14-5-17(25)6-15(24)12-27-11-14/h7-8,14-17,20,25-26H,3-6,9-12H2,1-2H3/t14?,15?,16-,17?/m1/s1. The van der Waals surface area contributed by atoms with Crippen molar-refractivity contribution in [1.82, 2.24) is 20.2 Å². The van der Waals surface area contributed by atoms with Crippen LogP contribution in [0.1, 0.15) is 32.3 Å². The molecule has 0 saturated carbocycles. The number of fused-ring (bicyclic) bond motifs is 2. The zero-order chi connectivity index (χ0) is 19.0. The van der Waals surface area contributed by atoms with Gasteiger partial charge in [-0.25, -0.2) is 9.97 Å². The van der Waals surface area contributed by atoms with E-state index in [4.69, 9.17) is 4.74 Å². The second-order valence-electron chi connectivity index (χ2n) is 8.55. The molecule has 2 unspecified atom stereocenters. The first-order valence-electron chi connectivity index (χ1n) is 9.95. The van der Waals surface area contributed by atoms with Crippen molar-refractivity contribution in [3.8, 4) is 0 Å². The number of piperidine rings is 1. The molecule has 0 amide bonds. The molecule has 2 bridgehead atoms. The normalized spacial score (nSPS) is 32.5. The number of hydrogen-bond acceptors (Lipinski definition) is 8. The van der Waals surface area contributed by atoms with Crippen LogP contribution < -0.4 is 10.2 Å². The Morgan fingerprint density at radius 2 is 1.89 bits per heavy atom. The molecule has 3 N–H and O–H groups in total. The molecule has 3 fully saturated rings. The van der Waals surface area contributed by atoms with Crippen molar-refractivity contribution in [1.29, 1.82) is 0 Å². The van der Waals surface area contributed by atoms with Crippen LogP contribution in [0.2, 0.25) is 0 Å². The highest BCUT2D eigenvalue weighted by molar-refractivity contribution is 5.34. The molecular formula is C19H31N5O3. The lowest BCUT2D eigenvalue weighted by atomic mass is 9.91. The monoisotopic (exact) mass is 377 g/mol. The average molecular weight is 377 g/mol. The lowest BCUT2D eigenvalue weighted by molar-refractivity contribution is -0.106. The Morgan fingerprint density at radius 1 is 1.22 bits per heavy atom. The topological polar surface area (TPSA) is 94.0 Å². The van der Waals surface area contributed by atoms with Crippen LogP contribution in [0, 0.1) is 0 Å². The van der Waals surface area contributed by atoms with Crippen LogP contribution in [0.25, 0.3) is 0 Å². The SMILES string of the molecule is CC(C)(O)c1cnc(N2CCNC[C@@H]2CN2C3COCC2CC(O)C3)nc1. The number of aliphatic hydroxyl groups is 2. The summed E-state index contributed by atoms with van der Waals surface area (Å²) in [5.74, 6) is 0.716. The van der Waals surface area contributed by atoms with Crippen LogP contribution >= 0.6 is 0 Å². The van der Waals surface area contributed by atoms with Gasteiger partial charge in [0.05, 0.1) is 31.0 Å². The maximum atomic E-state index is 10.1. The highest BCUT2D eigenvalue weighted by Crippen LogP contribution is 2.29. The molecule has 1 aromatic rings. The molecule has 8 nitrogen and oxygen atoms in total. The molecule has 0 aliphatic carbocycles. The molecule has 3 aliphatic rings. The Kier molecular flexibility index (Phi) is 5.35. The van der Waals surface area contributed by atoms with Crippen molar-refractivity contribution in [3.05, 3.63) is 18.0 Å². The molecule has 4 rings (SSSR count). The van der Waals surface area contributed by atoms with E-state index < -0.39 is 5.60 Å². The van der Waals surface area contributed by atoms with Crippen LogP contribution in [-0.2, 0) is 10.3 Å². The third-order valence-corrected chi connectivity index (χ3v) is 6.02. The van der Waals surface area contributed by atoms with Crippen molar-refractivity contribution in [2.75, 3.05) is 44.3 Å². The van der Waals surface area contributed by atoms with Crippen LogP contribution in [0.5, 0.6) is 0 Å². The zero-order valence-electron chi connectivity index (χ0n) is 16.2. The molecule has 0 radical (unpaired) electrons. The van der Waals surface area contributed by atoms with E-state index in [2.05, 4.69) is 25.1 Å².